The molecule has 1 unspecified atom stereocenters. The Balaban J connectivity index is 0.00000208. The molecule has 1 amide bonds. The van der Waals surface area contributed by atoms with Crippen molar-refractivity contribution in [3.8, 4) is 11.1 Å². The highest BCUT2D eigenvalue weighted by atomic mass is 35.5. The SMILES string of the molecule is CC1(CN)CCN(C(=O)Cc2ccc(-c3ccccc3)cc2)C1.Cl. The van der Waals surface area contributed by atoms with Gasteiger partial charge in [0.05, 0.1) is 6.42 Å². The number of nitrogens with two attached hydrogens (primary N) is 1. The second-order valence-electron chi connectivity index (χ2n) is 6.82. The van der Waals surface area contributed by atoms with Crippen LogP contribution in [-0.4, -0.2) is 30.4 Å². The van der Waals surface area contributed by atoms with E-state index < -0.39 is 0 Å². The molecule has 0 bridgehead atoms. The van der Waals surface area contributed by atoms with Crippen LogP contribution in [0.3, 0.4) is 0 Å². The zero-order chi connectivity index (χ0) is 16.3. The zero-order valence-corrected chi connectivity index (χ0v) is 14.9. The largest absolute Gasteiger partial charge is 0.342 e. The van der Waals surface area contributed by atoms with E-state index in [1.807, 2.05) is 23.1 Å². The van der Waals surface area contributed by atoms with Gasteiger partial charge in [-0.25, -0.2) is 0 Å². The molecule has 2 aromatic carbocycles. The molecule has 128 valence electrons. The number of likely N-dealkylation sites (tertiary alicyclic amines) is 1. The normalized spacial score (nSPS) is 19.8. The minimum Gasteiger partial charge on any atom is -0.342 e. The molecule has 3 rings (SSSR count). The number of amides is 1. The molecule has 0 aromatic heterocycles. The molecule has 24 heavy (non-hydrogen) atoms. The summed E-state index contributed by atoms with van der Waals surface area (Å²) in [5, 5.41) is 0. The fourth-order valence-electron chi connectivity index (χ4n) is 3.14. The van der Waals surface area contributed by atoms with Gasteiger partial charge in [-0.3, -0.25) is 4.79 Å². The van der Waals surface area contributed by atoms with E-state index in [9.17, 15) is 4.79 Å². The highest BCUT2D eigenvalue weighted by Gasteiger charge is 2.34. The van der Waals surface area contributed by atoms with Crippen LogP contribution in [0.25, 0.3) is 11.1 Å². The number of carbonyl (C=O) groups is 1. The van der Waals surface area contributed by atoms with Crippen molar-refractivity contribution in [3.05, 3.63) is 60.2 Å². The van der Waals surface area contributed by atoms with Gasteiger partial charge in [-0.2, -0.15) is 0 Å². The quantitative estimate of drug-likeness (QED) is 0.922. The van der Waals surface area contributed by atoms with Gasteiger partial charge in [0.1, 0.15) is 0 Å². The first kappa shape index (κ1) is 18.5. The van der Waals surface area contributed by atoms with Crippen LogP contribution in [0.15, 0.2) is 54.6 Å². The van der Waals surface area contributed by atoms with Gasteiger partial charge in [-0.05, 0) is 35.1 Å². The number of halogens is 1. The lowest BCUT2D eigenvalue weighted by atomic mass is 9.90. The number of benzene rings is 2. The van der Waals surface area contributed by atoms with Gasteiger partial charge in [0.25, 0.3) is 0 Å². The molecule has 2 aromatic rings. The van der Waals surface area contributed by atoms with Crippen LogP contribution in [0.2, 0.25) is 0 Å². The van der Waals surface area contributed by atoms with Crippen LogP contribution in [-0.2, 0) is 11.2 Å². The molecular weight excluding hydrogens is 320 g/mol. The number of nitrogens with zero attached hydrogens (tertiary/aromatic N) is 1. The maximum absolute atomic E-state index is 12.5. The molecule has 0 aliphatic carbocycles. The van der Waals surface area contributed by atoms with E-state index in [1.165, 1.54) is 11.1 Å². The number of rotatable bonds is 4. The third-order valence-corrected chi connectivity index (χ3v) is 4.82. The predicted molar refractivity (Wildman–Crippen MR) is 101 cm³/mol. The van der Waals surface area contributed by atoms with E-state index in [4.69, 9.17) is 5.73 Å². The smallest absolute Gasteiger partial charge is 0.227 e. The lowest BCUT2D eigenvalue weighted by Crippen LogP contribution is -2.35. The highest BCUT2D eigenvalue weighted by Crippen LogP contribution is 2.29. The summed E-state index contributed by atoms with van der Waals surface area (Å²) in [5.74, 6) is 0.203. The minimum absolute atomic E-state index is 0. The van der Waals surface area contributed by atoms with Crippen molar-refractivity contribution in [1.29, 1.82) is 0 Å². The first-order chi connectivity index (χ1) is 11.1. The number of hydrogen-bond acceptors (Lipinski definition) is 2. The minimum atomic E-state index is 0. The van der Waals surface area contributed by atoms with Crippen molar-refractivity contribution in [1.82, 2.24) is 4.90 Å². The van der Waals surface area contributed by atoms with Crippen LogP contribution >= 0.6 is 12.4 Å². The molecule has 1 fully saturated rings. The molecule has 3 nitrogen and oxygen atoms in total. The van der Waals surface area contributed by atoms with Crippen molar-refractivity contribution in [3.63, 3.8) is 0 Å². The second-order valence-corrected chi connectivity index (χ2v) is 6.82. The third kappa shape index (κ3) is 4.16. The van der Waals surface area contributed by atoms with Crippen molar-refractivity contribution < 1.29 is 4.79 Å². The first-order valence-corrected chi connectivity index (χ1v) is 8.22. The van der Waals surface area contributed by atoms with Crippen molar-refractivity contribution in [2.45, 2.75) is 19.8 Å². The van der Waals surface area contributed by atoms with Gasteiger partial charge >= 0.3 is 0 Å². The molecule has 1 aliphatic heterocycles. The topological polar surface area (TPSA) is 46.3 Å². The molecule has 4 heteroatoms. The van der Waals surface area contributed by atoms with E-state index in [2.05, 4.69) is 43.3 Å². The van der Waals surface area contributed by atoms with Gasteiger partial charge < -0.3 is 10.6 Å². The summed E-state index contributed by atoms with van der Waals surface area (Å²) in [6.45, 7) is 4.41. The average molecular weight is 345 g/mol. The Morgan fingerprint density at radius 3 is 2.29 bits per heavy atom. The molecule has 1 aliphatic rings. The second kappa shape index (κ2) is 7.82. The predicted octanol–water partition coefficient (Wildman–Crippen LogP) is 3.52. The summed E-state index contributed by atoms with van der Waals surface area (Å²) in [7, 11) is 0. The molecular formula is C20H25ClN2O. The Hall–Kier alpha value is -1.84. The molecule has 1 heterocycles. The number of carbonyl (C=O) groups excluding carboxylic acids is 1. The third-order valence-electron chi connectivity index (χ3n) is 4.82. The van der Waals surface area contributed by atoms with E-state index in [-0.39, 0.29) is 23.7 Å². The van der Waals surface area contributed by atoms with E-state index >= 15 is 0 Å². The lowest BCUT2D eigenvalue weighted by Gasteiger charge is -2.22. The molecule has 1 atom stereocenters. The summed E-state index contributed by atoms with van der Waals surface area (Å²) < 4.78 is 0. The Morgan fingerprint density at radius 1 is 1.08 bits per heavy atom. The molecule has 0 spiro atoms. The van der Waals surface area contributed by atoms with Gasteiger partial charge in [0.15, 0.2) is 0 Å². The molecule has 2 N–H and O–H groups in total. The molecule has 0 radical (unpaired) electrons. The van der Waals surface area contributed by atoms with Crippen LogP contribution in [0.4, 0.5) is 0 Å². The van der Waals surface area contributed by atoms with E-state index in [1.54, 1.807) is 0 Å². The molecule has 1 saturated heterocycles. The Morgan fingerprint density at radius 2 is 1.71 bits per heavy atom. The van der Waals surface area contributed by atoms with Crippen LogP contribution in [0.1, 0.15) is 18.9 Å². The van der Waals surface area contributed by atoms with Gasteiger partial charge in [-0.1, -0.05) is 61.5 Å². The average Bonchev–Trinajstić information content (AvgIpc) is 3.00. The summed E-state index contributed by atoms with van der Waals surface area (Å²) in [6.07, 6.45) is 1.47. The van der Waals surface area contributed by atoms with Gasteiger partial charge in [-0.15, -0.1) is 12.4 Å². The summed E-state index contributed by atoms with van der Waals surface area (Å²) in [4.78, 5) is 14.4. The lowest BCUT2D eigenvalue weighted by molar-refractivity contribution is -0.129. The van der Waals surface area contributed by atoms with Crippen molar-refractivity contribution in [2.24, 2.45) is 11.1 Å². The van der Waals surface area contributed by atoms with Crippen molar-refractivity contribution in [2.75, 3.05) is 19.6 Å². The van der Waals surface area contributed by atoms with E-state index in [0.717, 1.165) is 25.1 Å². The van der Waals surface area contributed by atoms with Crippen LogP contribution < -0.4 is 5.73 Å². The van der Waals surface area contributed by atoms with Gasteiger partial charge in [0.2, 0.25) is 5.91 Å². The molecule has 0 saturated carbocycles. The summed E-state index contributed by atoms with van der Waals surface area (Å²) in [6, 6.07) is 18.6. The van der Waals surface area contributed by atoms with Crippen LogP contribution in [0.5, 0.6) is 0 Å². The maximum atomic E-state index is 12.5. The maximum Gasteiger partial charge on any atom is 0.227 e. The Bertz CT molecular complexity index is 672. The highest BCUT2D eigenvalue weighted by molar-refractivity contribution is 5.85. The summed E-state index contributed by atoms with van der Waals surface area (Å²) >= 11 is 0. The standard InChI is InChI=1S/C20H24N2O.ClH/c1-20(14-21)11-12-22(15-20)19(23)13-16-7-9-18(10-8-16)17-5-3-2-4-6-17;/h2-10H,11-15,21H2,1H3;1H. The zero-order valence-electron chi connectivity index (χ0n) is 14.1. The Labute approximate surface area is 150 Å². The van der Waals surface area contributed by atoms with E-state index in [0.29, 0.717) is 13.0 Å². The number of hydrogen-bond donors (Lipinski definition) is 1. The first-order valence-electron chi connectivity index (χ1n) is 8.22. The Kier molecular flexibility index (Phi) is 6.03. The fraction of sp³-hybridized carbons (Fsp3) is 0.350. The van der Waals surface area contributed by atoms with Crippen molar-refractivity contribution >= 4 is 18.3 Å². The van der Waals surface area contributed by atoms with Gasteiger partial charge in [0, 0.05) is 13.1 Å². The summed E-state index contributed by atoms with van der Waals surface area (Å²) in [5.41, 5.74) is 9.35. The van der Waals surface area contributed by atoms with Crippen LogP contribution in [0, 0.1) is 5.41 Å². The monoisotopic (exact) mass is 344 g/mol. The fourth-order valence-corrected chi connectivity index (χ4v) is 3.14.